The number of hydrogen-bond donors (Lipinski definition) is 1. The molecule has 0 unspecified atom stereocenters. The fraction of sp³-hybridized carbons (Fsp3) is 0.0435. The van der Waals surface area contributed by atoms with Crippen LogP contribution in [0, 0.1) is 5.82 Å². The highest BCUT2D eigenvalue weighted by Crippen LogP contribution is 2.27. The van der Waals surface area contributed by atoms with Crippen molar-refractivity contribution in [3.63, 3.8) is 0 Å². The Morgan fingerprint density at radius 1 is 1.03 bits per heavy atom. The van der Waals surface area contributed by atoms with Gasteiger partial charge in [0.1, 0.15) is 18.2 Å². The lowest BCUT2D eigenvalue weighted by Gasteiger charge is -2.12. The lowest BCUT2D eigenvalue weighted by molar-refractivity contribution is 0.0959. The maximum Gasteiger partial charge on any atom is 0.281 e. The van der Waals surface area contributed by atoms with Crippen molar-refractivity contribution < 1.29 is 13.9 Å². The van der Waals surface area contributed by atoms with E-state index >= 15 is 0 Å². The first-order valence-electron chi connectivity index (χ1n) is 8.96. The van der Waals surface area contributed by atoms with E-state index < -0.39 is 0 Å². The molecule has 1 N–H and O–H groups in total. The van der Waals surface area contributed by atoms with Crippen molar-refractivity contribution in [3.8, 4) is 5.75 Å². The van der Waals surface area contributed by atoms with Crippen molar-refractivity contribution in [2.24, 2.45) is 5.10 Å². The third-order valence-corrected chi connectivity index (χ3v) is 5.21. The van der Waals surface area contributed by atoms with Crippen LogP contribution in [0.2, 0.25) is 0 Å². The van der Waals surface area contributed by atoms with Gasteiger partial charge in [0.2, 0.25) is 0 Å². The highest BCUT2D eigenvalue weighted by molar-refractivity contribution is 7.12. The van der Waals surface area contributed by atoms with E-state index in [4.69, 9.17) is 4.74 Å². The maximum absolute atomic E-state index is 13.1. The molecule has 1 heterocycles. The smallest absolute Gasteiger partial charge is 0.281 e. The van der Waals surface area contributed by atoms with Crippen molar-refractivity contribution >= 4 is 34.2 Å². The number of ether oxygens (including phenoxy) is 1. The fourth-order valence-electron chi connectivity index (χ4n) is 2.89. The van der Waals surface area contributed by atoms with E-state index in [-0.39, 0.29) is 11.7 Å². The number of rotatable bonds is 6. The molecule has 4 nitrogen and oxygen atoms in total. The minimum Gasteiger partial charge on any atom is -0.488 e. The number of fused-ring (bicyclic) bond motifs is 1. The van der Waals surface area contributed by atoms with E-state index in [1.807, 2.05) is 47.8 Å². The molecule has 0 atom stereocenters. The summed E-state index contributed by atoms with van der Waals surface area (Å²) in [4.78, 5) is 12.7. The Morgan fingerprint density at radius 3 is 2.66 bits per heavy atom. The van der Waals surface area contributed by atoms with Crippen molar-refractivity contribution in [2.45, 2.75) is 6.61 Å². The molecule has 0 fully saturated rings. The summed E-state index contributed by atoms with van der Waals surface area (Å²) in [7, 11) is 0. The highest BCUT2D eigenvalue weighted by Gasteiger charge is 2.09. The summed E-state index contributed by atoms with van der Waals surface area (Å²) in [5.41, 5.74) is 4.17. The van der Waals surface area contributed by atoms with Crippen molar-refractivity contribution in [1.29, 1.82) is 0 Å². The maximum atomic E-state index is 13.1. The zero-order valence-corrected chi connectivity index (χ0v) is 16.2. The van der Waals surface area contributed by atoms with Crippen LogP contribution in [0.3, 0.4) is 0 Å². The normalized spacial score (nSPS) is 11.1. The summed E-state index contributed by atoms with van der Waals surface area (Å²) in [6.07, 6.45) is 1.59. The molecular weight excluding hydrogens is 387 g/mol. The van der Waals surface area contributed by atoms with Gasteiger partial charge in [-0.1, -0.05) is 48.5 Å². The highest BCUT2D eigenvalue weighted by atomic mass is 32.1. The molecule has 1 aromatic heterocycles. The van der Waals surface area contributed by atoms with E-state index in [9.17, 15) is 9.18 Å². The summed E-state index contributed by atoms with van der Waals surface area (Å²) >= 11 is 1.35. The first kappa shape index (κ1) is 18.8. The van der Waals surface area contributed by atoms with Gasteiger partial charge in [0.15, 0.2) is 0 Å². The van der Waals surface area contributed by atoms with Crippen LogP contribution in [-0.4, -0.2) is 12.1 Å². The topological polar surface area (TPSA) is 50.7 Å². The van der Waals surface area contributed by atoms with Crippen LogP contribution in [-0.2, 0) is 6.61 Å². The predicted molar refractivity (Wildman–Crippen MR) is 114 cm³/mol. The van der Waals surface area contributed by atoms with Crippen LogP contribution in [0.5, 0.6) is 5.75 Å². The number of hydrazone groups is 1. The van der Waals surface area contributed by atoms with Crippen molar-refractivity contribution in [3.05, 3.63) is 100.0 Å². The van der Waals surface area contributed by atoms with E-state index in [1.165, 1.54) is 23.5 Å². The first-order chi connectivity index (χ1) is 14.2. The number of benzene rings is 3. The first-order valence-corrected chi connectivity index (χ1v) is 9.84. The second-order valence-electron chi connectivity index (χ2n) is 6.29. The van der Waals surface area contributed by atoms with Crippen LogP contribution < -0.4 is 10.2 Å². The van der Waals surface area contributed by atoms with Gasteiger partial charge in [-0.2, -0.15) is 5.10 Å². The average Bonchev–Trinajstić information content (AvgIpc) is 3.29. The van der Waals surface area contributed by atoms with Gasteiger partial charge in [0, 0.05) is 5.56 Å². The molecule has 0 aliphatic heterocycles. The third-order valence-electron chi connectivity index (χ3n) is 4.34. The number of hydrogen-bond acceptors (Lipinski definition) is 4. The van der Waals surface area contributed by atoms with Gasteiger partial charge in [0.25, 0.3) is 5.91 Å². The fourth-order valence-corrected chi connectivity index (χ4v) is 3.51. The molecule has 0 spiro atoms. The van der Waals surface area contributed by atoms with Crippen molar-refractivity contribution in [2.75, 3.05) is 0 Å². The zero-order chi connectivity index (χ0) is 20.1. The minimum atomic E-state index is -0.284. The summed E-state index contributed by atoms with van der Waals surface area (Å²) in [5.74, 6) is 0.0844. The lowest BCUT2D eigenvalue weighted by atomic mass is 10.0. The van der Waals surface area contributed by atoms with Gasteiger partial charge in [-0.15, -0.1) is 11.3 Å². The largest absolute Gasteiger partial charge is 0.488 e. The molecule has 144 valence electrons. The molecule has 6 heteroatoms. The number of carbonyl (C=O) groups is 1. The Bertz CT molecular complexity index is 1160. The molecule has 0 bridgehead atoms. The third kappa shape index (κ3) is 4.50. The predicted octanol–water partition coefficient (Wildman–Crippen LogP) is 5.38. The quantitative estimate of drug-likeness (QED) is 0.346. The number of thiophene rings is 1. The molecule has 0 aliphatic carbocycles. The van der Waals surface area contributed by atoms with Gasteiger partial charge in [-0.3, -0.25) is 4.79 Å². The lowest BCUT2D eigenvalue weighted by Crippen LogP contribution is -2.16. The summed E-state index contributed by atoms with van der Waals surface area (Å²) in [6, 6.07) is 21.4. The van der Waals surface area contributed by atoms with Gasteiger partial charge in [-0.25, -0.2) is 9.82 Å². The molecule has 4 aromatic rings. The van der Waals surface area contributed by atoms with Crippen LogP contribution in [0.25, 0.3) is 10.8 Å². The van der Waals surface area contributed by atoms with Crippen LogP contribution in [0.4, 0.5) is 4.39 Å². The number of carbonyl (C=O) groups excluding carboxylic acids is 1. The molecule has 3 aromatic carbocycles. The van der Waals surface area contributed by atoms with E-state index in [0.29, 0.717) is 17.2 Å². The zero-order valence-electron chi connectivity index (χ0n) is 15.3. The molecule has 0 saturated heterocycles. The van der Waals surface area contributed by atoms with Gasteiger partial charge >= 0.3 is 0 Å². The molecule has 1 amide bonds. The van der Waals surface area contributed by atoms with Gasteiger partial charge in [-0.05, 0) is 46.0 Å². The molecule has 0 radical (unpaired) electrons. The Labute approximate surface area is 171 Å². The number of halogens is 1. The van der Waals surface area contributed by atoms with E-state index in [1.54, 1.807) is 24.4 Å². The van der Waals surface area contributed by atoms with E-state index in [0.717, 1.165) is 21.9 Å². The van der Waals surface area contributed by atoms with Crippen LogP contribution >= 0.6 is 11.3 Å². The second-order valence-corrected chi connectivity index (χ2v) is 7.24. The molecular formula is C23H17FN2O2S. The summed E-state index contributed by atoms with van der Waals surface area (Å²) in [5, 5.41) is 7.96. The average molecular weight is 404 g/mol. The molecule has 0 saturated carbocycles. The monoisotopic (exact) mass is 404 g/mol. The Kier molecular flexibility index (Phi) is 5.63. The second kappa shape index (κ2) is 8.67. The van der Waals surface area contributed by atoms with Crippen molar-refractivity contribution in [1.82, 2.24) is 5.43 Å². The number of nitrogens with zero attached hydrogens (tertiary/aromatic N) is 1. The SMILES string of the molecule is O=C(N/N=C\c1c(OCc2ccc(F)cc2)ccc2ccccc12)c1cccs1. The molecule has 29 heavy (non-hydrogen) atoms. The molecule has 4 rings (SSSR count). The standard InChI is InChI=1S/C23H17FN2O2S/c24-18-10-7-16(8-11-18)15-28-21-12-9-17-4-1-2-5-19(17)20(21)14-25-26-23(27)22-6-3-13-29-22/h1-14H,15H2,(H,26,27)/b25-14-. The van der Waals surface area contributed by atoms with Crippen LogP contribution in [0.1, 0.15) is 20.8 Å². The number of nitrogens with one attached hydrogen (secondary N) is 1. The molecule has 0 aliphatic rings. The summed E-state index contributed by atoms with van der Waals surface area (Å²) < 4.78 is 19.1. The Morgan fingerprint density at radius 2 is 1.86 bits per heavy atom. The van der Waals surface area contributed by atoms with Crippen LogP contribution in [0.15, 0.2) is 83.3 Å². The van der Waals surface area contributed by atoms with E-state index in [2.05, 4.69) is 10.5 Å². The minimum absolute atomic E-state index is 0.259. The van der Waals surface area contributed by atoms with Gasteiger partial charge in [0.05, 0.1) is 11.1 Å². The Hall–Kier alpha value is -3.51. The van der Waals surface area contributed by atoms with Gasteiger partial charge < -0.3 is 4.74 Å². The summed E-state index contributed by atoms with van der Waals surface area (Å²) in [6.45, 7) is 0.293. The number of amides is 1. The Balaban J connectivity index is 1.59.